The third kappa shape index (κ3) is 2.81. The van der Waals surface area contributed by atoms with Crippen LogP contribution in [-0.2, 0) is 9.47 Å². The fourth-order valence-corrected chi connectivity index (χ4v) is 1.36. The van der Waals surface area contributed by atoms with E-state index in [4.69, 9.17) is 14.6 Å². The third-order valence-electron chi connectivity index (χ3n) is 2.28. The summed E-state index contributed by atoms with van der Waals surface area (Å²) in [4.78, 5) is 0. The molecule has 0 aliphatic carbocycles. The van der Waals surface area contributed by atoms with E-state index in [0.717, 1.165) is 0 Å². The summed E-state index contributed by atoms with van der Waals surface area (Å²) in [5, 5.41) is 37.3. The first-order valence-electron chi connectivity index (χ1n) is 4.85. The molecule has 0 spiro atoms. The van der Waals surface area contributed by atoms with Crippen molar-refractivity contribution < 1.29 is 29.9 Å². The molecule has 0 unspecified atom stereocenters. The first-order chi connectivity index (χ1) is 7.61. The van der Waals surface area contributed by atoms with E-state index in [2.05, 4.69) is 6.58 Å². The number of aliphatic hydroxyl groups excluding tert-OH is 4. The zero-order chi connectivity index (χ0) is 12.1. The van der Waals surface area contributed by atoms with Crippen molar-refractivity contribution in [3.8, 4) is 0 Å². The van der Waals surface area contributed by atoms with E-state index in [-0.39, 0.29) is 0 Å². The maximum atomic E-state index is 9.52. The van der Waals surface area contributed by atoms with Crippen LogP contribution in [0.3, 0.4) is 0 Å². The van der Waals surface area contributed by atoms with Gasteiger partial charge in [0.25, 0.3) is 0 Å². The van der Waals surface area contributed by atoms with Crippen LogP contribution >= 0.6 is 0 Å². The molecule has 4 N–H and O–H groups in total. The summed E-state index contributed by atoms with van der Waals surface area (Å²) in [6, 6.07) is 0. The highest BCUT2D eigenvalue weighted by Gasteiger charge is 2.44. The second-order valence-corrected chi connectivity index (χ2v) is 3.40. The minimum absolute atomic E-state index is 0.476. The van der Waals surface area contributed by atoms with Gasteiger partial charge in [0, 0.05) is 0 Å². The minimum atomic E-state index is -1.42. The Morgan fingerprint density at radius 1 is 1.19 bits per heavy atom. The van der Waals surface area contributed by atoms with Crippen molar-refractivity contribution in [3.05, 3.63) is 25.0 Å². The van der Waals surface area contributed by atoms with E-state index in [1.807, 2.05) is 0 Å². The zero-order valence-electron chi connectivity index (χ0n) is 8.64. The van der Waals surface area contributed by atoms with Crippen LogP contribution in [0.15, 0.2) is 25.0 Å². The lowest BCUT2D eigenvalue weighted by molar-refractivity contribution is -0.287. The molecule has 0 aromatic rings. The van der Waals surface area contributed by atoms with Crippen LogP contribution in [0.5, 0.6) is 0 Å². The summed E-state index contributed by atoms with van der Waals surface area (Å²) < 4.78 is 10.0. The predicted molar refractivity (Wildman–Crippen MR) is 54.2 cm³/mol. The van der Waals surface area contributed by atoms with Crippen LogP contribution in [0.2, 0.25) is 0 Å². The summed E-state index contributed by atoms with van der Waals surface area (Å²) in [6.45, 7) is 2.94. The molecule has 1 fully saturated rings. The molecule has 6 heteroatoms. The normalized spacial score (nSPS) is 39.9. The molecule has 1 saturated heterocycles. The van der Waals surface area contributed by atoms with Crippen molar-refractivity contribution in [2.24, 2.45) is 0 Å². The number of hydrogen-bond donors (Lipinski definition) is 4. The summed E-state index contributed by atoms with van der Waals surface area (Å²) in [7, 11) is 0. The maximum absolute atomic E-state index is 9.52. The summed E-state index contributed by atoms with van der Waals surface area (Å²) in [6.07, 6.45) is -2.10. The molecule has 0 radical (unpaired) electrons. The molecule has 0 bridgehead atoms. The summed E-state index contributed by atoms with van der Waals surface area (Å²) in [5.74, 6) is 0. The van der Waals surface area contributed by atoms with Crippen LogP contribution in [-0.4, -0.2) is 57.7 Å². The van der Waals surface area contributed by atoms with Crippen molar-refractivity contribution in [3.63, 3.8) is 0 Å². The average molecular weight is 232 g/mol. The van der Waals surface area contributed by atoms with Gasteiger partial charge in [0.1, 0.15) is 24.4 Å². The van der Waals surface area contributed by atoms with E-state index in [9.17, 15) is 15.3 Å². The van der Waals surface area contributed by atoms with Gasteiger partial charge in [0.05, 0.1) is 12.9 Å². The lowest BCUT2D eigenvalue weighted by Crippen LogP contribution is -2.58. The van der Waals surface area contributed by atoms with E-state index in [1.54, 1.807) is 0 Å². The van der Waals surface area contributed by atoms with Crippen molar-refractivity contribution in [2.45, 2.75) is 30.7 Å². The number of rotatable bonds is 4. The van der Waals surface area contributed by atoms with Crippen molar-refractivity contribution in [2.75, 3.05) is 6.61 Å². The van der Waals surface area contributed by atoms with Crippen LogP contribution in [0.25, 0.3) is 0 Å². The van der Waals surface area contributed by atoms with Gasteiger partial charge in [-0.2, -0.15) is 0 Å². The lowest BCUT2D eigenvalue weighted by atomic mass is 9.99. The van der Waals surface area contributed by atoms with Crippen molar-refractivity contribution >= 4 is 0 Å². The standard InChI is InChI=1S/C10H16O6/c1-2-3-4-15-10-9(14)8(13)7(12)6(5-11)16-10/h2-4,6-14H,1,5H2/b4-3+/t6-,7-,8+,9-,10+/m1/s1. The highest BCUT2D eigenvalue weighted by atomic mass is 16.7. The van der Waals surface area contributed by atoms with Crippen molar-refractivity contribution in [1.29, 1.82) is 0 Å². The van der Waals surface area contributed by atoms with E-state index >= 15 is 0 Å². The second-order valence-electron chi connectivity index (χ2n) is 3.40. The predicted octanol–water partition coefficient (Wildman–Crippen LogP) is -1.50. The van der Waals surface area contributed by atoms with E-state index in [0.29, 0.717) is 0 Å². The molecule has 0 saturated carbocycles. The van der Waals surface area contributed by atoms with Crippen LogP contribution in [0.1, 0.15) is 0 Å². The highest BCUT2D eigenvalue weighted by Crippen LogP contribution is 2.21. The number of allylic oxidation sites excluding steroid dienone is 2. The monoisotopic (exact) mass is 232 g/mol. The Bertz CT molecular complexity index is 252. The van der Waals surface area contributed by atoms with Crippen molar-refractivity contribution in [1.82, 2.24) is 0 Å². The van der Waals surface area contributed by atoms with Crippen LogP contribution in [0.4, 0.5) is 0 Å². The van der Waals surface area contributed by atoms with E-state index in [1.165, 1.54) is 18.4 Å². The Hall–Kier alpha value is -0.920. The van der Waals surface area contributed by atoms with Gasteiger partial charge < -0.3 is 29.9 Å². The topological polar surface area (TPSA) is 99.4 Å². The van der Waals surface area contributed by atoms with Gasteiger partial charge in [-0.1, -0.05) is 12.7 Å². The SMILES string of the molecule is C=C/C=C/O[C@H]1O[C@H](CO)[C@@H](O)[C@H](O)[C@H]1O. The highest BCUT2D eigenvalue weighted by molar-refractivity contribution is 4.94. The Kier molecular flexibility index (Phi) is 4.91. The van der Waals surface area contributed by atoms with Gasteiger partial charge in [0.2, 0.25) is 6.29 Å². The number of ether oxygens (including phenoxy) is 2. The molecule has 0 amide bonds. The third-order valence-corrected chi connectivity index (χ3v) is 2.28. The number of hydrogen-bond acceptors (Lipinski definition) is 6. The first kappa shape index (κ1) is 13.1. The molecule has 0 aromatic heterocycles. The lowest BCUT2D eigenvalue weighted by Gasteiger charge is -2.38. The maximum Gasteiger partial charge on any atom is 0.228 e. The van der Waals surface area contributed by atoms with Gasteiger partial charge in [0.15, 0.2) is 0 Å². The van der Waals surface area contributed by atoms with Gasteiger partial charge in [-0.3, -0.25) is 0 Å². The van der Waals surface area contributed by atoms with Gasteiger partial charge in [-0.25, -0.2) is 0 Å². The molecule has 1 rings (SSSR count). The quantitative estimate of drug-likeness (QED) is 0.348. The summed E-state index contributed by atoms with van der Waals surface area (Å²) >= 11 is 0. The fraction of sp³-hybridized carbons (Fsp3) is 0.600. The molecule has 1 heterocycles. The summed E-state index contributed by atoms with van der Waals surface area (Å²) in [5.41, 5.74) is 0. The Balaban J connectivity index is 2.63. The molecule has 1 aliphatic rings. The second kappa shape index (κ2) is 5.97. The molecule has 16 heavy (non-hydrogen) atoms. The van der Waals surface area contributed by atoms with Crippen LogP contribution < -0.4 is 0 Å². The zero-order valence-corrected chi connectivity index (χ0v) is 8.64. The van der Waals surface area contributed by atoms with Gasteiger partial charge >= 0.3 is 0 Å². The Morgan fingerprint density at radius 2 is 1.88 bits per heavy atom. The minimum Gasteiger partial charge on any atom is -0.470 e. The molecule has 5 atom stereocenters. The Morgan fingerprint density at radius 3 is 2.44 bits per heavy atom. The number of aliphatic hydroxyl groups is 4. The average Bonchev–Trinajstić information content (AvgIpc) is 2.29. The van der Waals surface area contributed by atoms with Gasteiger partial charge in [-0.05, 0) is 6.08 Å². The van der Waals surface area contributed by atoms with Gasteiger partial charge in [-0.15, -0.1) is 0 Å². The molecular weight excluding hydrogens is 216 g/mol. The smallest absolute Gasteiger partial charge is 0.228 e. The van der Waals surface area contributed by atoms with E-state index < -0.39 is 37.3 Å². The molecule has 1 aliphatic heterocycles. The first-order valence-corrected chi connectivity index (χ1v) is 4.85. The molecule has 6 nitrogen and oxygen atoms in total. The molecule has 0 aromatic carbocycles. The van der Waals surface area contributed by atoms with Crippen LogP contribution in [0, 0.1) is 0 Å². The largest absolute Gasteiger partial charge is 0.470 e. The fourth-order valence-electron chi connectivity index (χ4n) is 1.36. The molecular formula is C10H16O6. The molecule has 92 valence electrons. The Labute approximate surface area is 93.0 Å².